The number of imidazole rings is 1. The van der Waals surface area contributed by atoms with Crippen molar-refractivity contribution >= 4 is 17.0 Å². The maximum atomic E-state index is 12.0. The Morgan fingerprint density at radius 2 is 1.90 bits per heavy atom. The molecule has 5 nitrogen and oxygen atoms in total. The summed E-state index contributed by atoms with van der Waals surface area (Å²) >= 11 is 0. The van der Waals surface area contributed by atoms with Crippen LogP contribution in [-0.4, -0.2) is 21.0 Å². The second-order valence-electron chi connectivity index (χ2n) is 4.09. The number of aromatic amines is 1. The van der Waals surface area contributed by atoms with Crippen molar-refractivity contribution in [1.82, 2.24) is 9.97 Å². The molecule has 0 radical (unpaired) electrons. The predicted octanol–water partition coefficient (Wildman–Crippen LogP) is -0.994. The average Bonchev–Trinajstić information content (AvgIpc) is 2.82. The van der Waals surface area contributed by atoms with E-state index >= 15 is 0 Å². The first kappa shape index (κ1) is 14.6. The third kappa shape index (κ3) is 2.43. The van der Waals surface area contributed by atoms with Crippen LogP contribution in [0.1, 0.15) is 10.4 Å². The van der Waals surface area contributed by atoms with Gasteiger partial charge in [0.15, 0.2) is 0 Å². The molecule has 0 aliphatic heterocycles. The number of rotatable bonds is 2. The summed E-state index contributed by atoms with van der Waals surface area (Å²) < 4.78 is 0. The largest absolute Gasteiger partial charge is 1.00 e. The smallest absolute Gasteiger partial charge is 0.871 e. The molecule has 20 heavy (non-hydrogen) atoms. The van der Waals surface area contributed by atoms with E-state index in [9.17, 15) is 9.90 Å². The van der Waals surface area contributed by atoms with Gasteiger partial charge in [-0.1, -0.05) is 30.0 Å². The zero-order valence-corrected chi connectivity index (χ0v) is 12.8. The van der Waals surface area contributed by atoms with E-state index in [0.717, 1.165) is 11.0 Å². The van der Waals surface area contributed by atoms with Crippen LogP contribution in [-0.2, 0) is 0 Å². The quantitative estimate of drug-likeness (QED) is 0.588. The number of benzene rings is 2. The van der Waals surface area contributed by atoms with Crippen LogP contribution in [0.3, 0.4) is 0 Å². The SMILES string of the molecule is O=C(O)c1cccc(-c2nc3ccccc3[nH]2)c1[O-].[Na+]. The second-order valence-corrected chi connectivity index (χ2v) is 4.09. The molecule has 94 valence electrons. The molecule has 0 saturated heterocycles. The van der Waals surface area contributed by atoms with Crippen molar-refractivity contribution < 1.29 is 44.6 Å². The summed E-state index contributed by atoms with van der Waals surface area (Å²) in [5.41, 5.74) is 1.55. The van der Waals surface area contributed by atoms with Crippen LogP contribution >= 0.6 is 0 Å². The maximum absolute atomic E-state index is 12.0. The molecule has 2 N–H and O–H groups in total. The molecule has 0 fully saturated rings. The summed E-state index contributed by atoms with van der Waals surface area (Å²) in [7, 11) is 0. The predicted molar refractivity (Wildman–Crippen MR) is 67.9 cm³/mol. The molecule has 0 spiro atoms. The molecule has 0 amide bonds. The van der Waals surface area contributed by atoms with Gasteiger partial charge in [-0.2, -0.15) is 0 Å². The zero-order chi connectivity index (χ0) is 13.4. The maximum Gasteiger partial charge on any atom is 1.00 e. The van der Waals surface area contributed by atoms with Gasteiger partial charge in [-0.25, -0.2) is 9.78 Å². The van der Waals surface area contributed by atoms with Crippen molar-refractivity contribution in [2.24, 2.45) is 0 Å². The number of carboxylic acid groups (broad SMARTS) is 1. The third-order valence-electron chi connectivity index (χ3n) is 2.89. The van der Waals surface area contributed by atoms with Crippen molar-refractivity contribution in [3.8, 4) is 17.1 Å². The van der Waals surface area contributed by atoms with E-state index in [0.29, 0.717) is 5.82 Å². The molecule has 0 aliphatic carbocycles. The van der Waals surface area contributed by atoms with E-state index in [1.54, 1.807) is 6.07 Å². The van der Waals surface area contributed by atoms with Crippen LogP contribution in [0.2, 0.25) is 0 Å². The Hall–Kier alpha value is -1.82. The van der Waals surface area contributed by atoms with Gasteiger partial charge in [0.2, 0.25) is 0 Å². The molecule has 3 rings (SSSR count). The normalized spacial score (nSPS) is 10.2. The van der Waals surface area contributed by atoms with Crippen molar-refractivity contribution in [2.75, 3.05) is 0 Å². The first-order valence-corrected chi connectivity index (χ1v) is 5.65. The Kier molecular flexibility index (Phi) is 4.13. The van der Waals surface area contributed by atoms with Crippen LogP contribution in [0.5, 0.6) is 5.75 Å². The molecule has 2 aromatic carbocycles. The van der Waals surface area contributed by atoms with Crippen LogP contribution in [0, 0.1) is 0 Å². The molecular formula is C14H9N2NaO3. The van der Waals surface area contributed by atoms with Gasteiger partial charge in [0.05, 0.1) is 16.6 Å². The van der Waals surface area contributed by atoms with E-state index in [1.807, 2.05) is 24.3 Å². The van der Waals surface area contributed by atoms with E-state index in [4.69, 9.17) is 5.11 Å². The number of carbonyl (C=O) groups is 1. The van der Waals surface area contributed by atoms with Crippen LogP contribution in [0.15, 0.2) is 42.5 Å². The Morgan fingerprint density at radius 1 is 1.15 bits per heavy atom. The van der Waals surface area contributed by atoms with Crippen molar-refractivity contribution in [3.05, 3.63) is 48.0 Å². The summed E-state index contributed by atoms with van der Waals surface area (Å²) in [5, 5.41) is 21.0. The minimum Gasteiger partial charge on any atom is -0.871 e. The van der Waals surface area contributed by atoms with Crippen molar-refractivity contribution in [3.63, 3.8) is 0 Å². The summed E-state index contributed by atoms with van der Waals surface area (Å²) in [6, 6.07) is 11.8. The molecule has 1 heterocycles. The topological polar surface area (TPSA) is 89.0 Å². The summed E-state index contributed by atoms with van der Waals surface area (Å²) in [4.78, 5) is 18.3. The first-order valence-electron chi connectivity index (χ1n) is 5.65. The van der Waals surface area contributed by atoms with Gasteiger partial charge in [0.1, 0.15) is 5.82 Å². The number of fused-ring (bicyclic) bond motifs is 1. The number of H-pyrrole nitrogens is 1. The zero-order valence-electron chi connectivity index (χ0n) is 10.8. The van der Waals surface area contributed by atoms with Crippen molar-refractivity contribution in [1.29, 1.82) is 0 Å². The summed E-state index contributed by atoms with van der Waals surface area (Å²) in [6.45, 7) is 0. The molecule has 0 unspecified atom stereocenters. The van der Waals surface area contributed by atoms with E-state index < -0.39 is 11.7 Å². The number of aromatic nitrogens is 2. The van der Waals surface area contributed by atoms with Crippen molar-refractivity contribution in [2.45, 2.75) is 0 Å². The van der Waals surface area contributed by atoms with E-state index in [1.165, 1.54) is 12.1 Å². The van der Waals surface area contributed by atoms with Gasteiger partial charge in [-0.3, -0.25) is 0 Å². The minimum absolute atomic E-state index is 0. The Labute approximate surface area is 136 Å². The number of carboxylic acids is 1. The molecule has 0 saturated carbocycles. The molecule has 1 aromatic heterocycles. The number of hydrogen-bond acceptors (Lipinski definition) is 3. The Bertz CT molecular complexity index is 750. The number of aromatic carboxylic acids is 1. The van der Waals surface area contributed by atoms with E-state index in [2.05, 4.69) is 9.97 Å². The third-order valence-corrected chi connectivity index (χ3v) is 2.89. The van der Waals surface area contributed by atoms with Gasteiger partial charge in [-0.05, 0) is 18.2 Å². The fraction of sp³-hybridized carbons (Fsp3) is 0. The number of nitrogens with zero attached hydrogens (tertiary/aromatic N) is 1. The Morgan fingerprint density at radius 3 is 2.60 bits per heavy atom. The van der Waals surface area contributed by atoms with Crippen LogP contribution < -0.4 is 34.7 Å². The molecular weight excluding hydrogens is 267 g/mol. The van der Waals surface area contributed by atoms with Gasteiger partial charge < -0.3 is 15.2 Å². The number of para-hydroxylation sites is 3. The average molecular weight is 276 g/mol. The summed E-state index contributed by atoms with van der Waals surface area (Å²) in [6.07, 6.45) is 0. The molecule has 3 aromatic rings. The van der Waals surface area contributed by atoms with Crippen LogP contribution in [0.4, 0.5) is 0 Å². The monoisotopic (exact) mass is 276 g/mol. The van der Waals surface area contributed by atoms with Crippen LogP contribution in [0.25, 0.3) is 22.4 Å². The second kappa shape index (κ2) is 5.66. The van der Waals surface area contributed by atoms with Gasteiger partial charge >= 0.3 is 35.5 Å². The Balaban J connectivity index is 0.00000147. The number of nitrogens with one attached hydrogen (secondary N) is 1. The van der Waals surface area contributed by atoms with Gasteiger partial charge in [0.25, 0.3) is 0 Å². The fourth-order valence-electron chi connectivity index (χ4n) is 1.97. The first-order chi connectivity index (χ1) is 9.16. The van der Waals surface area contributed by atoms with Gasteiger partial charge in [0, 0.05) is 5.56 Å². The minimum atomic E-state index is -1.23. The molecule has 0 aliphatic rings. The van der Waals surface area contributed by atoms with E-state index in [-0.39, 0.29) is 40.7 Å². The molecule has 0 atom stereocenters. The molecule has 0 bridgehead atoms. The standard InChI is InChI=1S/C14H10N2O3.Na/c17-12-8(4-3-5-9(12)14(18)19)13-15-10-6-1-2-7-11(10)16-13;/h1-7,17H,(H,15,16)(H,18,19);/q;+1/p-1. The summed E-state index contributed by atoms with van der Waals surface area (Å²) in [5.74, 6) is -1.38. The molecule has 6 heteroatoms. The number of hydrogen-bond donors (Lipinski definition) is 2. The van der Waals surface area contributed by atoms with Gasteiger partial charge in [-0.15, -0.1) is 0 Å². The fourth-order valence-corrected chi connectivity index (χ4v) is 1.97.